The number of likely N-dealkylation sites (tertiary alicyclic amines) is 1. The highest BCUT2D eigenvalue weighted by Crippen LogP contribution is 2.28. The van der Waals surface area contributed by atoms with Gasteiger partial charge in [-0.1, -0.05) is 48.5 Å². The molecule has 3 rings (SSSR count). The van der Waals surface area contributed by atoms with Gasteiger partial charge in [-0.15, -0.1) is 0 Å². The molecule has 1 aliphatic heterocycles. The van der Waals surface area contributed by atoms with Gasteiger partial charge in [-0.2, -0.15) is 0 Å². The second-order valence-electron chi connectivity index (χ2n) is 7.64. The van der Waals surface area contributed by atoms with Crippen LogP contribution in [0.3, 0.4) is 0 Å². The lowest BCUT2D eigenvalue weighted by molar-refractivity contribution is 0.0581. The molecule has 1 fully saturated rings. The number of nitrogens with one attached hydrogen (secondary N) is 1. The van der Waals surface area contributed by atoms with Crippen LogP contribution in [0.25, 0.3) is 11.1 Å². The van der Waals surface area contributed by atoms with E-state index in [4.69, 9.17) is 4.74 Å². The molecule has 5 heteroatoms. The van der Waals surface area contributed by atoms with Crippen molar-refractivity contribution in [1.82, 2.24) is 9.80 Å². The number of ether oxygens (including phenoxy) is 1. The zero-order valence-corrected chi connectivity index (χ0v) is 16.9. The summed E-state index contributed by atoms with van der Waals surface area (Å²) in [6.07, 6.45) is 2.60. The predicted molar refractivity (Wildman–Crippen MR) is 115 cm³/mol. The van der Waals surface area contributed by atoms with E-state index in [2.05, 4.69) is 29.2 Å². The second-order valence-corrected chi connectivity index (χ2v) is 7.64. The third-order valence-corrected chi connectivity index (χ3v) is 5.14. The monoisotopic (exact) mass is 381 g/mol. The smallest absolute Gasteiger partial charge is 0.411 e. The molecule has 28 heavy (non-hydrogen) atoms. The standard InChI is InChI=1S/C23H31N3O2/c1-25(2)15-8-16-26-17-13-20(14-18-26)28-23(27)24-22-12-7-6-11-21(22)19-9-4-3-5-10-19/h3-7,9-12,20H,8,13-18H2,1-2H3,(H,24,27). The largest absolute Gasteiger partial charge is 0.446 e. The highest BCUT2D eigenvalue weighted by molar-refractivity contribution is 5.91. The van der Waals surface area contributed by atoms with E-state index < -0.39 is 0 Å². The van der Waals surface area contributed by atoms with E-state index in [9.17, 15) is 4.79 Å². The average Bonchev–Trinajstić information content (AvgIpc) is 2.70. The fourth-order valence-corrected chi connectivity index (χ4v) is 3.61. The van der Waals surface area contributed by atoms with Crippen molar-refractivity contribution < 1.29 is 9.53 Å². The van der Waals surface area contributed by atoms with Gasteiger partial charge in [0.2, 0.25) is 0 Å². The lowest BCUT2D eigenvalue weighted by atomic mass is 10.0. The Labute approximate surface area is 168 Å². The molecule has 1 amide bonds. The van der Waals surface area contributed by atoms with Crippen molar-refractivity contribution in [3.8, 4) is 11.1 Å². The van der Waals surface area contributed by atoms with Crippen LogP contribution in [0.1, 0.15) is 19.3 Å². The molecule has 0 atom stereocenters. The van der Waals surface area contributed by atoms with Crippen molar-refractivity contribution in [1.29, 1.82) is 0 Å². The van der Waals surface area contributed by atoms with Crippen molar-refractivity contribution in [2.24, 2.45) is 0 Å². The summed E-state index contributed by atoms with van der Waals surface area (Å²) in [7, 11) is 4.21. The Hall–Kier alpha value is -2.37. The number of anilines is 1. The summed E-state index contributed by atoms with van der Waals surface area (Å²) in [6.45, 7) is 4.21. The molecule has 0 unspecified atom stereocenters. The third kappa shape index (κ3) is 6.08. The summed E-state index contributed by atoms with van der Waals surface area (Å²) in [6, 6.07) is 17.9. The number of hydrogen-bond donors (Lipinski definition) is 1. The van der Waals surface area contributed by atoms with Crippen LogP contribution in [0.4, 0.5) is 10.5 Å². The van der Waals surface area contributed by atoms with Crippen molar-refractivity contribution in [2.45, 2.75) is 25.4 Å². The van der Waals surface area contributed by atoms with Crippen LogP contribution >= 0.6 is 0 Å². The fourth-order valence-electron chi connectivity index (χ4n) is 3.61. The molecule has 150 valence electrons. The second kappa shape index (κ2) is 10.2. The van der Waals surface area contributed by atoms with Gasteiger partial charge in [-0.05, 0) is 58.1 Å². The maximum Gasteiger partial charge on any atom is 0.411 e. The van der Waals surface area contributed by atoms with Gasteiger partial charge in [0.1, 0.15) is 6.10 Å². The minimum Gasteiger partial charge on any atom is -0.446 e. The first-order chi connectivity index (χ1) is 13.6. The van der Waals surface area contributed by atoms with Gasteiger partial charge in [0.15, 0.2) is 0 Å². The lowest BCUT2D eigenvalue weighted by Crippen LogP contribution is -2.39. The van der Waals surface area contributed by atoms with Gasteiger partial charge in [0, 0.05) is 18.7 Å². The highest BCUT2D eigenvalue weighted by atomic mass is 16.6. The first kappa shape index (κ1) is 20.4. The highest BCUT2D eigenvalue weighted by Gasteiger charge is 2.22. The number of para-hydroxylation sites is 1. The Balaban J connectivity index is 1.48. The molecule has 0 aromatic heterocycles. The fraction of sp³-hybridized carbons (Fsp3) is 0.435. The Morgan fingerprint density at radius 1 is 1.07 bits per heavy atom. The molecule has 1 heterocycles. The van der Waals surface area contributed by atoms with Gasteiger partial charge in [-0.25, -0.2) is 4.79 Å². The van der Waals surface area contributed by atoms with Crippen molar-refractivity contribution in [3.63, 3.8) is 0 Å². The van der Waals surface area contributed by atoms with Crippen LogP contribution in [0.15, 0.2) is 54.6 Å². The summed E-state index contributed by atoms with van der Waals surface area (Å²) >= 11 is 0. The van der Waals surface area contributed by atoms with Gasteiger partial charge in [0.25, 0.3) is 0 Å². The zero-order chi connectivity index (χ0) is 19.8. The molecule has 0 aliphatic carbocycles. The minimum atomic E-state index is -0.366. The molecule has 2 aromatic rings. The summed E-state index contributed by atoms with van der Waals surface area (Å²) < 4.78 is 5.69. The Morgan fingerprint density at radius 2 is 1.75 bits per heavy atom. The number of carbonyl (C=O) groups excluding carboxylic acids is 1. The van der Waals surface area contributed by atoms with Crippen LogP contribution in [-0.2, 0) is 4.74 Å². The van der Waals surface area contributed by atoms with Gasteiger partial charge >= 0.3 is 6.09 Å². The first-order valence-electron chi connectivity index (χ1n) is 10.1. The molecule has 2 aromatic carbocycles. The number of hydrogen-bond acceptors (Lipinski definition) is 4. The molecule has 1 aliphatic rings. The van der Waals surface area contributed by atoms with Crippen molar-refractivity contribution in [2.75, 3.05) is 45.6 Å². The molecule has 0 spiro atoms. The molecule has 0 radical (unpaired) electrons. The quantitative estimate of drug-likeness (QED) is 0.776. The number of piperidine rings is 1. The summed E-state index contributed by atoms with van der Waals surface area (Å²) in [5.74, 6) is 0. The molecule has 0 bridgehead atoms. The van der Waals surface area contributed by atoms with Gasteiger partial charge in [-0.3, -0.25) is 5.32 Å². The number of rotatable bonds is 7. The van der Waals surface area contributed by atoms with E-state index in [0.717, 1.165) is 55.8 Å². The normalized spacial score (nSPS) is 15.5. The summed E-state index contributed by atoms with van der Waals surface area (Å²) in [5.41, 5.74) is 2.85. The Bertz CT molecular complexity index is 741. The van der Waals surface area contributed by atoms with Crippen LogP contribution in [0, 0.1) is 0 Å². The van der Waals surface area contributed by atoms with E-state index in [-0.39, 0.29) is 12.2 Å². The topological polar surface area (TPSA) is 44.8 Å². The van der Waals surface area contributed by atoms with Crippen LogP contribution < -0.4 is 5.32 Å². The van der Waals surface area contributed by atoms with Crippen molar-refractivity contribution in [3.05, 3.63) is 54.6 Å². The van der Waals surface area contributed by atoms with Gasteiger partial charge < -0.3 is 14.5 Å². The maximum atomic E-state index is 12.4. The SMILES string of the molecule is CN(C)CCCN1CCC(OC(=O)Nc2ccccc2-c2ccccc2)CC1. The van der Waals surface area contributed by atoms with Crippen LogP contribution in [0.2, 0.25) is 0 Å². The number of amides is 1. The van der Waals surface area contributed by atoms with E-state index >= 15 is 0 Å². The van der Waals surface area contributed by atoms with E-state index in [0.29, 0.717) is 0 Å². The lowest BCUT2D eigenvalue weighted by Gasteiger charge is -2.31. The molecule has 5 nitrogen and oxygen atoms in total. The summed E-state index contributed by atoms with van der Waals surface area (Å²) in [4.78, 5) is 17.1. The number of benzene rings is 2. The van der Waals surface area contributed by atoms with E-state index in [1.807, 2.05) is 54.6 Å². The summed E-state index contributed by atoms with van der Waals surface area (Å²) in [5, 5.41) is 2.93. The molecular weight excluding hydrogens is 350 g/mol. The molecule has 1 N–H and O–H groups in total. The molecular formula is C23H31N3O2. The predicted octanol–water partition coefficient (Wildman–Crippen LogP) is 4.32. The average molecular weight is 382 g/mol. The Morgan fingerprint density at radius 3 is 2.46 bits per heavy atom. The van der Waals surface area contributed by atoms with E-state index in [1.54, 1.807) is 0 Å². The van der Waals surface area contributed by atoms with E-state index in [1.165, 1.54) is 6.42 Å². The maximum absolute atomic E-state index is 12.4. The van der Waals surface area contributed by atoms with Crippen LogP contribution in [-0.4, -0.2) is 62.3 Å². The van der Waals surface area contributed by atoms with Crippen molar-refractivity contribution >= 4 is 11.8 Å². The third-order valence-electron chi connectivity index (χ3n) is 5.14. The zero-order valence-electron chi connectivity index (χ0n) is 16.9. The number of carbonyl (C=O) groups is 1. The molecule has 0 saturated carbocycles. The molecule has 1 saturated heterocycles. The first-order valence-corrected chi connectivity index (χ1v) is 10.1. The van der Waals surface area contributed by atoms with Crippen LogP contribution in [0.5, 0.6) is 0 Å². The number of nitrogens with zero attached hydrogens (tertiary/aromatic N) is 2. The Kier molecular flexibility index (Phi) is 7.46. The minimum absolute atomic E-state index is 0.00557. The van der Waals surface area contributed by atoms with Gasteiger partial charge in [0.05, 0.1) is 5.69 Å².